The minimum Gasteiger partial charge on any atom is -0.379 e. The van der Waals surface area contributed by atoms with E-state index in [4.69, 9.17) is 10.3 Å². The number of carbonyl (C=O) groups is 1. The minimum atomic E-state index is -0.540. The summed E-state index contributed by atoms with van der Waals surface area (Å²) in [6, 6.07) is 6.43. The molecule has 7 nitrogen and oxygen atoms in total. The van der Waals surface area contributed by atoms with Crippen molar-refractivity contribution in [3.63, 3.8) is 0 Å². The molecule has 0 fully saturated rings. The first-order chi connectivity index (χ1) is 14.8. The lowest BCUT2D eigenvalue weighted by atomic mass is 9.97. The molecule has 1 amide bonds. The number of pyridine rings is 1. The number of aliphatic imine (C=N–C) groups is 1. The van der Waals surface area contributed by atoms with Crippen LogP contribution in [-0.2, 0) is 0 Å². The lowest BCUT2D eigenvalue weighted by Crippen LogP contribution is -2.20. The summed E-state index contributed by atoms with van der Waals surface area (Å²) < 4.78 is 33.0. The van der Waals surface area contributed by atoms with Gasteiger partial charge in [-0.05, 0) is 50.6 Å². The highest BCUT2D eigenvalue weighted by atomic mass is 32.2. The summed E-state index contributed by atoms with van der Waals surface area (Å²) in [5, 5.41) is 6.65. The average molecular weight is 443 g/mol. The normalized spacial score (nSPS) is 18.5. The number of carbonyl (C=O) groups excluding carboxylic acids is 1. The number of aryl methyl sites for hydroxylation is 2. The number of amides is 1. The summed E-state index contributed by atoms with van der Waals surface area (Å²) in [4.78, 5) is 20.6. The first kappa shape index (κ1) is 21.0. The predicted octanol–water partition coefficient (Wildman–Crippen LogP) is 4.45. The van der Waals surface area contributed by atoms with E-state index in [-0.39, 0.29) is 17.0 Å². The van der Waals surface area contributed by atoms with Gasteiger partial charge in [0.25, 0.3) is 5.91 Å². The van der Waals surface area contributed by atoms with E-state index < -0.39 is 17.5 Å². The second-order valence-corrected chi connectivity index (χ2v) is 8.34. The summed E-state index contributed by atoms with van der Waals surface area (Å²) in [7, 11) is 0. The van der Waals surface area contributed by atoms with Gasteiger partial charge in [-0.2, -0.15) is 0 Å². The number of amidine groups is 1. The van der Waals surface area contributed by atoms with Gasteiger partial charge >= 0.3 is 0 Å². The summed E-state index contributed by atoms with van der Waals surface area (Å²) in [6.45, 7) is 3.63. The Morgan fingerprint density at radius 2 is 2.06 bits per heavy atom. The van der Waals surface area contributed by atoms with Crippen LogP contribution in [0.15, 0.2) is 46.0 Å². The zero-order chi connectivity index (χ0) is 22.1. The fourth-order valence-electron chi connectivity index (χ4n) is 3.55. The molecule has 0 saturated carbocycles. The van der Waals surface area contributed by atoms with Gasteiger partial charge in [-0.1, -0.05) is 16.9 Å². The molecule has 2 aromatic heterocycles. The quantitative estimate of drug-likeness (QED) is 0.617. The highest BCUT2D eigenvalue weighted by Crippen LogP contribution is 2.45. The molecule has 0 radical (unpaired) electrons. The first-order valence-corrected chi connectivity index (χ1v) is 10.3. The van der Waals surface area contributed by atoms with Crippen molar-refractivity contribution in [2.75, 3.05) is 5.32 Å². The Labute approximate surface area is 181 Å². The molecular formula is C21H19F2N5O2S. The van der Waals surface area contributed by atoms with E-state index in [2.05, 4.69) is 20.4 Å². The van der Waals surface area contributed by atoms with E-state index in [1.807, 2.05) is 6.92 Å². The highest BCUT2D eigenvalue weighted by molar-refractivity contribution is 8.14. The van der Waals surface area contributed by atoms with Gasteiger partial charge in [0.1, 0.15) is 23.1 Å². The molecule has 3 heterocycles. The predicted molar refractivity (Wildman–Crippen MR) is 114 cm³/mol. The number of nitrogens with one attached hydrogen (secondary N) is 1. The average Bonchev–Trinajstić information content (AvgIpc) is 3.07. The number of benzene rings is 1. The van der Waals surface area contributed by atoms with Gasteiger partial charge in [0.2, 0.25) is 0 Å². The number of nitrogens with zero attached hydrogens (tertiary/aromatic N) is 3. The summed E-state index contributed by atoms with van der Waals surface area (Å²) in [5.74, 6) is -0.828. The summed E-state index contributed by atoms with van der Waals surface area (Å²) in [6.07, 6.45) is 1.45. The zero-order valence-corrected chi connectivity index (χ0v) is 17.5. The second-order valence-electron chi connectivity index (χ2n) is 7.12. The first-order valence-electron chi connectivity index (χ1n) is 9.47. The third-order valence-corrected chi connectivity index (χ3v) is 6.04. The Bertz CT molecular complexity index is 1140. The molecule has 3 aromatic rings. The molecular weight excluding hydrogens is 424 g/mol. The largest absolute Gasteiger partial charge is 0.379 e. The zero-order valence-electron chi connectivity index (χ0n) is 16.7. The number of hydrogen-bond donors (Lipinski definition) is 2. The van der Waals surface area contributed by atoms with Crippen LogP contribution < -0.4 is 11.1 Å². The van der Waals surface area contributed by atoms with Crippen LogP contribution in [0.4, 0.5) is 14.5 Å². The van der Waals surface area contributed by atoms with Crippen molar-refractivity contribution >= 4 is 28.5 Å². The van der Waals surface area contributed by atoms with Crippen LogP contribution >= 0.6 is 11.8 Å². The number of nitrogens with two attached hydrogens (primary N) is 1. The lowest BCUT2D eigenvalue weighted by molar-refractivity contribution is 0.102. The fourth-order valence-corrected chi connectivity index (χ4v) is 4.61. The van der Waals surface area contributed by atoms with Gasteiger partial charge in [0, 0.05) is 22.1 Å². The maximum absolute atomic E-state index is 14.7. The summed E-state index contributed by atoms with van der Waals surface area (Å²) >= 11 is 1.26. The van der Waals surface area contributed by atoms with Crippen molar-refractivity contribution in [1.82, 2.24) is 10.1 Å². The molecule has 0 unspecified atom stereocenters. The van der Waals surface area contributed by atoms with Crippen molar-refractivity contribution in [1.29, 1.82) is 0 Å². The third-order valence-electron chi connectivity index (χ3n) is 4.97. The number of anilines is 1. The summed E-state index contributed by atoms with van der Waals surface area (Å²) in [5.41, 5.74) is 8.45. The minimum absolute atomic E-state index is 0.0502. The van der Waals surface area contributed by atoms with Crippen molar-refractivity contribution in [2.24, 2.45) is 10.7 Å². The van der Waals surface area contributed by atoms with Crippen LogP contribution in [0.5, 0.6) is 0 Å². The van der Waals surface area contributed by atoms with Crippen molar-refractivity contribution in [3.05, 3.63) is 76.4 Å². The maximum Gasteiger partial charge on any atom is 0.274 e. The van der Waals surface area contributed by atoms with E-state index in [1.165, 1.54) is 30.0 Å². The molecule has 0 saturated heterocycles. The molecule has 1 aromatic carbocycles. The van der Waals surface area contributed by atoms with Crippen molar-refractivity contribution in [3.8, 4) is 0 Å². The molecule has 3 N–H and O–H groups in total. The molecule has 2 atom stereocenters. The Kier molecular flexibility index (Phi) is 5.73. The molecule has 160 valence electrons. The van der Waals surface area contributed by atoms with Crippen molar-refractivity contribution < 1.29 is 18.1 Å². The van der Waals surface area contributed by atoms with E-state index in [9.17, 15) is 13.6 Å². The molecule has 1 aliphatic heterocycles. The van der Waals surface area contributed by atoms with Crippen LogP contribution in [0, 0.1) is 25.5 Å². The maximum atomic E-state index is 14.7. The topological polar surface area (TPSA) is 106 Å². The van der Waals surface area contributed by atoms with E-state index >= 15 is 0 Å². The number of hydrogen-bond acceptors (Lipinski definition) is 7. The SMILES string of the molecule is Cc1noc(C)c1[C@@H]1C[C@@H](c2cc(NC(=O)c3ccc(F)cn3)ccc2F)SC(N)=N1. The lowest BCUT2D eigenvalue weighted by Gasteiger charge is -2.26. The van der Waals surface area contributed by atoms with Crippen LogP contribution in [0.3, 0.4) is 0 Å². The van der Waals surface area contributed by atoms with Gasteiger partial charge in [-0.15, -0.1) is 0 Å². The highest BCUT2D eigenvalue weighted by Gasteiger charge is 2.31. The molecule has 1 aliphatic rings. The Morgan fingerprint density at radius 3 is 2.74 bits per heavy atom. The Morgan fingerprint density at radius 1 is 1.26 bits per heavy atom. The molecule has 4 rings (SSSR count). The van der Waals surface area contributed by atoms with Gasteiger partial charge in [0.05, 0.1) is 17.9 Å². The molecule has 0 bridgehead atoms. The Hall–Kier alpha value is -3.27. The molecule has 0 spiro atoms. The van der Waals surface area contributed by atoms with Crippen LogP contribution in [0.2, 0.25) is 0 Å². The number of thioether (sulfide) groups is 1. The third kappa shape index (κ3) is 4.43. The van der Waals surface area contributed by atoms with Gasteiger partial charge in [-0.3, -0.25) is 9.79 Å². The standard InChI is InChI=1S/C21H19F2N5O2S/c1-10-19(11(2)30-28-10)17-8-18(31-21(24)27-17)14-7-13(4-5-15(14)23)26-20(29)16-6-3-12(22)9-25-16/h3-7,9,17-18H,8H2,1-2H3,(H2,24,27)(H,26,29)/t17-,18-/m0/s1. The molecule has 31 heavy (non-hydrogen) atoms. The van der Waals surface area contributed by atoms with Crippen LogP contribution in [0.25, 0.3) is 0 Å². The van der Waals surface area contributed by atoms with Gasteiger partial charge < -0.3 is 15.6 Å². The smallest absolute Gasteiger partial charge is 0.274 e. The number of halogens is 2. The van der Waals surface area contributed by atoms with E-state index in [0.29, 0.717) is 28.6 Å². The van der Waals surface area contributed by atoms with E-state index in [1.54, 1.807) is 13.0 Å². The molecule has 0 aliphatic carbocycles. The molecule has 10 heteroatoms. The van der Waals surface area contributed by atoms with Gasteiger partial charge in [0.15, 0.2) is 5.17 Å². The second kappa shape index (κ2) is 8.46. The Balaban J connectivity index is 1.59. The van der Waals surface area contributed by atoms with Crippen LogP contribution in [-0.4, -0.2) is 21.2 Å². The van der Waals surface area contributed by atoms with E-state index in [0.717, 1.165) is 23.5 Å². The van der Waals surface area contributed by atoms with Crippen LogP contribution in [0.1, 0.15) is 50.8 Å². The fraction of sp³-hybridized carbons (Fsp3) is 0.238. The monoisotopic (exact) mass is 443 g/mol. The number of rotatable bonds is 4. The van der Waals surface area contributed by atoms with Gasteiger partial charge in [-0.25, -0.2) is 13.8 Å². The van der Waals surface area contributed by atoms with Crippen molar-refractivity contribution in [2.45, 2.75) is 31.6 Å². The number of aromatic nitrogens is 2.